The summed E-state index contributed by atoms with van der Waals surface area (Å²) in [6.45, 7) is 0. The summed E-state index contributed by atoms with van der Waals surface area (Å²) in [5.41, 5.74) is 8.57. The summed E-state index contributed by atoms with van der Waals surface area (Å²) in [5.74, 6) is 0. The topological polar surface area (TPSA) is 56.7 Å². The van der Waals surface area contributed by atoms with Gasteiger partial charge < -0.3 is 5.73 Å². The Morgan fingerprint density at radius 1 is 1.18 bits per heavy atom. The standard InChI is InChI=1S/C13H16N4/c14-13(7-3-4-8-13)11-5-1-2-6-12(11)17-10-9-15-16-17/h1-2,5-6,9-10H,3-4,7-8,14H2. The van der Waals surface area contributed by atoms with Crippen LogP contribution in [0.1, 0.15) is 31.2 Å². The van der Waals surface area contributed by atoms with E-state index in [4.69, 9.17) is 5.73 Å². The van der Waals surface area contributed by atoms with E-state index in [1.54, 1.807) is 10.9 Å². The molecule has 3 rings (SSSR count). The van der Waals surface area contributed by atoms with Gasteiger partial charge in [0.25, 0.3) is 0 Å². The van der Waals surface area contributed by atoms with Crippen molar-refractivity contribution in [1.82, 2.24) is 15.0 Å². The lowest BCUT2D eigenvalue weighted by atomic mass is 9.88. The van der Waals surface area contributed by atoms with Gasteiger partial charge >= 0.3 is 0 Å². The number of hydrogen-bond acceptors (Lipinski definition) is 3. The summed E-state index contributed by atoms with van der Waals surface area (Å²) >= 11 is 0. The monoisotopic (exact) mass is 228 g/mol. The average Bonchev–Trinajstić information content (AvgIpc) is 3.00. The molecular weight excluding hydrogens is 212 g/mol. The third-order valence-corrected chi connectivity index (χ3v) is 3.61. The van der Waals surface area contributed by atoms with Crippen LogP contribution in [0.15, 0.2) is 36.7 Å². The molecule has 2 aromatic rings. The summed E-state index contributed by atoms with van der Waals surface area (Å²) in [6, 6.07) is 8.22. The van der Waals surface area contributed by atoms with Gasteiger partial charge in [-0.3, -0.25) is 0 Å². The van der Waals surface area contributed by atoms with Crippen molar-refractivity contribution < 1.29 is 0 Å². The summed E-state index contributed by atoms with van der Waals surface area (Å²) in [7, 11) is 0. The smallest absolute Gasteiger partial charge is 0.0714 e. The number of hydrogen-bond donors (Lipinski definition) is 1. The lowest BCUT2D eigenvalue weighted by Crippen LogP contribution is -2.34. The molecule has 1 aromatic carbocycles. The molecule has 1 heterocycles. The lowest BCUT2D eigenvalue weighted by molar-refractivity contribution is 0.458. The van der Waals surface area contributed by atoms with Gasteiger partial charge in [-0.05, 0) is 24.5 Å². The van der Waals surface area contributed by atoms with Gasteiger partial charge in [0.1, 0.15) is 0 Å². The van der Waals surface area contributed by atoms with E-state index in [2.05, 4.69) is 22.4 Å². The normalized spacial score (nSPS) is 18.4. The highest BCUT2D eigenvalue weighted by molar-refractivity contribution is 5.44. The van der Waals surface area contributed by atoms with Gasteiger partial charge in [-0.1, -0.05) is 36.3 Å². The van der Waals surface area contributed by atoms with Gasteiger partial charge in [0.15, 0.2) is 0 Å². The molecule has 0 amide bonds. The molecule has 0 unspecified atom stereocenters. The molecule has 17 heavy (non-hydrogen) atoms. The molecule has 1 aliphatic rings. The third kappa shape index (κ3) is 1.74. The van der Waals surface area contributed by atoms with E-state index in [-0.39, 0.29) is 5.54 Å². The summed E-state index contributed by atoms with van der Waals surface area (Å²) < 4.78 is 1.79. The molecular formula is C13H16N4. The Balaban J connectivity index is 2.11. The molecule has 1 saturated carbocycles. The fraction of sp³-hybridized carbons (Fsp3) is 0.385. The van der Waals surface area contributed by atoms with E-state index in [1.165, 1.54) is 18.4 Å². The van der Waals surface area contributed by atoms with E-state index in [0.717, 1.165) is 18.5 Å². The average molecular weight is 228 g/mol. The highest BCUT2D eigenvalue weighted by Gasteiger charge is 2.33. The van der Waals surface area contributed by atoms with Crippen molar-refractivity contribution in [3.8, 4) is 5.69 Å². The maximum atomic E-state index is 6.53. The van der Waals surface area contributed by atoms with Gasteiger partial charge in [-0.15, -0.1) is 5.10 Å². The predicted octanol–water partition coefficient (Wildman–Crippen LogP) is 2.00. The highest BCUT2D eigenvalue weighted by Crippen LogP contribution is 2.38. The molecule has 0 saturated heterocycles. The zero-order valence-corrected chi connectivity index (χ0v) is 9.71. The molecule has 1 aliphatic carbocycles. The maximum absolute atomic E-state index is 6.53. The number of rotatable bonds is 2. The van der Waals surface area contributed by atoms with Crippen LogP contribution in [0.5, 0.6) is 0 Å². The van der Waals surface area contributed by atoms with Crippen molar-refractivity contribution in [2.24, 2.45) is 5.73 Å². The van der Waals surface area contributed by atoms with Crippen LogP contribution in [0.4, 0.5) is 0 Å². The van der Waals surface area contributed by atoms with Crippen LogP contribution in [-0.2, 0) is 5.54 Å². The van der Waals surface area contributed by atoms with Gasteiger partial charge in [0, 0.05) is 5.54 Å². The Hall–Kier alpha value is -1.68. The minimum absolute atomic E-state index is 0.192. The van der Waals surface area contributed by atoms with Gasteiger partial charge in [0.05, 0.1) is 18.1 Å². The quantitative estimate of drug-likeness (QED) is 0.855. The van der Waals surface area contributed by atoms with Gasteiger partial charge in [0.2, 0.25) is 0 Å². The first kappa shape index (κ1) is 10.5. The van der Waals surface area contributed by atoms with Crippen molar-refractivity contribution in [2.75, 3.05) is 0 Å². The van der Waals surface area contributed by atoms with E-state index >= 15 is 0 Å². The van der Waals surface area contributed by atoms with E-state index < -0.39 is 0 Å². The molecule has 4 nitrogen and oxygen atoms in total. The zero-order valence-electron chi connectivity index (χ0n) is 9.71. The summed E-state index contributed by atoms with van der Waals surface area (Å²) in [6.07, 6.45) is 8.08. The summed E-state index contributed by atoms with van der Waals surface area (Å²) in [5, 5.41) is 7.92. The van der Waals surface area contributed by atoms with Crippen molar-refractivity contribution >= 4 is 0 Å². The highest BCUT2D eigenvalue weighted by atomic mass is 15.4. The van der Waals surface area contributed by atoms with E-state index in [1.807, 2.05) is 18.3 Å². The largest absolute Gasteiger partial charge is 0.321 e. The maximum Gasteiger partial charge on any atom is 0.0714 e. The van der Waals surface area contributed by atoms with Crippen molar-refractivity contribution in [3.63, 3.8) is 0 Å². The lowest BCUT2D eigenvalue weighted by Gasteiger charge is -2.26. The van der Waals surface area contributed by atoms with Crippen LogP contribution in [0, 0.1) is 0 Å². The molecule has 88 valence electrons. The second-order valence-corrected chi connectivity index (χ2v) is 4.73. The molecule has 1 aromatic heterocycles. The third-order valence-electron chi connectivity index (χ3n) is 3.61. The second kappa shape index (κ2) is 3.96. The minimum Gasteiger partial charge on any atom is -0.321 e. The van der Waals surface area contributed by atoms with Crippen LogP contribution in [-0.4, -0.2) is 15.0 Å². The van der Waals surface area contributed by atoms with Gasteiger partial charge in [-0.2, -0.15) is 0 Å². The number of para-hydroxylation sites is 1. The number of aromatic nitrogens is 3. The Labute approximate surface area is 100 Å². The molecule has 4 heteroatoms. The summed E-state index contributed by atoms with van der Waals surface area (Å²) in [4.78, 5) is 0. The fourth-order valence-electron chi connectivity index (χ4n) is 2.71. The number of nitrogens with two attached hydrogens (primary N) is 1. The van der Waals surface area contributed by atoms with Crippen molar-refractivity contribution in [3.05, 3.63) is 42.2 Å². The SMILES string of the molecule is NC1(c2ccccc2-n2ccnn2)CCCC1. The van der Waals surface area contributed by atoms with E-state index in [9.17, 15) is 0 Å². The van der Waals surface area contributed by atoms with Crippen LogP contribution in [0.2, 0.25) is 0 Å². The predicted molar refractivity (Wildman–Crippen MR) is 65.7 cm³/mol. The molecule has 0 radical (unpaired) electrons. The molecule has 2 N–H and O–H groups in total. The minimum atomic E-state index is -0.192. The van der Waals surface area contributed by atoms with Crippen LogP contribution >= 0.6 is 0 Å². The fourth-order valence-corrected chi connectivity index (χ4v) is 2.71. The van der Waals surface area contributed by atoms with Crippen LogP contribution < -0.4 is 5.73 Å². The Morgan fingerprint density at radius 3 is 2.65 bits per heavy atom. The Morgan fingerprint density at radius 2 is 1.94 bits per heavy atom. The number of nitrogens with zero attached hydrogens (tertiary/aromatic N) is 3. The van der Waals surface area contributed by atoms with Crippen LogP contribution in [0.3, 0.4) is 0 Å². The van der Waals surface area contributed by atoms with E-state index in [0.29, 0.717) is 0 Å². The van der Waals surface area contributed by atoms with Crippen LogP contribution in [0.25, 0.3) is 5.69 Å². The van der Waals surface area contributed by atoms with Crippen molar-refractivity contribution in [2.45, 2.75) is 31.2 Å². The molecule has 0 bridgehead atoms. The molecule has 1 fully saturated rings. The first-order valence-electron chi connectivity index (χ1n) is 6.05. The molecule has 0 spiro atoms. The Bertz CT molecular complexity index is 498. The second-order valence-electron chi connectivity index (χ2n) is 4.73. The number of benzene rings is 1. The molecule has 0 aliphatic heterocycles. The molecule has 0 atom stereocenters. The Kier molecular flexibility index (Phi) is 2.44. The van der Waals surface area contributed by atoms with Gasteiger partial charge in [-0.25, -0.2) is 4.68 Å². The zero-order chi connectivity index (χ0) is 11.7. The van der Waals surface area contributed by atoms with Crippen molar-refractivity contribution in [1.29, 1.82) is 0 Å². The first-order valence-corrected chi connectivity index (χ1v) is 6.05. The first-order chi connectivity index (χ1) is 8.30.